The molecule has 0 radical (unpaired) electrons. The molecule has 3 heterocycles. The van der Waals surface area contributed by atoms with Crippen molar-refractivity contribution in [3.8, 4) is 83.7 Å². The smallest absolute Gasteiger partial charge is 0.0724 e. The van der Waals surface area contributed by atoms with E-state index in [4.69, 9.17) is 0 Å². The number of hydrogen-bond acceptors (Lipinski definition) is 2. The highest BCUT2D eigenvalue weighted by Gasteiger charge is 2.45. The largest absolute Gasteiger partial charge is 0.308 e. The summed E-state index contributed by atoms with van der Waals surface area (Å²) in [6.45, 7) is 0. The fourth-order valence-electron chi connectivity index (χ4n) is 11.4. The number of benzene rings is 8. The van der Waals surface area contributed by atoms with Gasteiger partial charge in [-0.1, -0.05) is 158 Å². The lowest BCUT2D eigenvalue weighted by Crippen LogP contribution is -2.20. The van der Waals surface area contributed by atoms with E-state index in [1.807, 2.05) is 24.7 Å². The van der Waals surface area contributed by atoms with Crippen LogP contribution in [-0.4, -0.2) is 14.5 Å². The van der Waals surface area contributed by atoms with E-state index >= 15 is 0 Å². The maximum Gasteiger partial charge on any atom is 0.0724 e. The molecule has 0 saturated heterocycles. The van der Waals surface area contributed by atoms with Crippen molar-refractivity contribution in [3.05, 3.63) is 236 Å². The average Bonchev–Trinajstić information content (AvgIpc) is 4.10. The SMILES string of the molecule is c1ccc(-c2ccc(-c3cccc(-c4ccccn4)c3)cc2-c2ccc3c(c2)C2(CCCC2)c2cc(-c4ccc(-n5c6ccccc6c6ccncc65)cc4-c4ccccc4)ccc2-3)cc1. The van der Waals surface area contributed by atoms with E-state index < -0.39 is 0 Å². The Hall–Kier alpha value is -8.14. The van der Waals surface area contributed by atoms with Gasteiger partial charge < -0.3 is 4.57 Å². The van der Waals surface area contributed by atoms with Crippen LogP contribution >= 0.6 is 0 Å². The Morgan fingerprint density at radius 1 is 0.364 bits per heavy atom. The molecule has 1 spiro atoms. The van der Waals surface area contributed by atoms with Crippen molar-refractivity contribution in [3.63, 3.8) is 0 Å². The van der Waals surface area contributed by atoms with E-state index in [0.29, 0.717) is 0 Å². The summed E-state index contributed by atoms with van der Waals surface area (Å²) in [5.41, 5.74) is 23.5. The molecule has 1 fully saturated rings. The molecule has 0 aliphatic heterocycles. The number of fused-ring (bicyclic) bond motifs is 8. The summed E-state index contributed by atoms with van der Waals surface area (Å²) in [5, 5.41) is 2.45. The highest BCUT2D eigenvalue weighted by atomic mass is 15.0. The second-order valence-corrected chi connectivity index (χ2v) is 18.1. The van der Waals surface area contributed by atoms with Gasteiger partial charge >= 0.3 is 0 Å². The molecule has 3 heteroatoms. The number of aromatic nitrogens is 3. The molecule has 0 unspecified atom stereocenters. The Bertz CT molecular complexity index is 3580. The number of rotatable bonds is 7. The Morgan fingerprint density at radius 3 is 1.70 bits per heavy atom. The zero-order valence-corrected chi connectivity index (χ0v) is 36.5. The third-order valence-electron chi connectivity index (χ3n) is 14.5. The lowest BCUT2D eigenvalue weighted by atomic mass is 9.75. The van der Waals surface area contributed by atoms with Crippen molar-refractivity contribution >= 4 is 21.8 Å². The molecule has 0 amide bonds. The molecule has 3 aromatic heterocycles. The van der Waals surface area contributed by atoms with Crippen LogP contribution in [0.4, 0.5) is 0 Å². The maximum atomic E-state index is 4.66. The topological polar surface area (TPSA) is 30.7 Å². The van der Waals surface area contributed by atoms with Gasteiger partial charge in [-0.25, -0.2) is 0 Å². The zero-order chi connectivity index (χ0) is 43.6. The van der Waals surface area contributed by atoms with Crippen LogP contribution in [0.3, 0.4) is 0 Å². The molecule has 312 valence electrons. The Morgan fingerprint density at radius 2 is 0.939 bits per heavy atom. The van der Waals surface area contributed by atoms with E-state index in [2.05, 4.69) is 215 Å². The standard InChI is InChI=1S/C63H45N3/c1-3-14-42(15-4-1)50-27-23-45(44-18-13-19-48(36-44)60-21-9-12-34-65-60)37-56(50)47-25-29-53-52-28-24-46(38-58(52)63(59(53)39-47)32-10-11-33-63)51-30-26-49(40-57(51)43-16-5-2-6-17-43)66-61-22-8-7-20-54(61)55-31-35-64-41-62(55)66/h1-9,12-31,34-41H,10-11,32-33H2. The summed E-state index contributed by atoms with van der Waals surface area (Å²) in [6, 6.07) is 76.2. The lowest BCUT2D eigenvalue weighted by Gasteiger charge is -2.28. The van der Waals surface area contributed by atoms with Crippen molar-refractivity contribution < 1.29 is 0 Å². The van der Waals surface area contributed by atoms with E-state index in [9.17, 15) is 0 Å². The number of hydrogen-bond donors (Lipinski definition) is 0. The molecule has 0 bridgehead atoms. The zero-order valence-electron chi connectivity index (χ0n) is 36.5. The van der Waals surface area contributed by atoms with Gasteiger partial charge in [0.1, 0.15) is 0 Å². The minimum atomic E-state index is -0.0406. The molecular weight excluding hydrogens is 799 g/mol. The van der Waals surface area contributed by atoms with Crippen LogP contribution in [-0.2, 0) is 5.41 Å². The monoisotopic (exact) mass is 843 g/mol. The van der Waals surface area contributed by atoms with Crippen molar-refractivity contribution in [2.45, 2.75) is 31.1 Å². The summed E-state index contributed by atoms with van der Waals surface area (Å²) in [6.07, 6.45) is 10.5. The second-order valence-electron chi connectivity index (χ2n) is 18.1. The van der Waals surface area contributed by atoms with Crippen LogP contribution in [0.1, 0.15) is 36.8 Å². The molecule has 66 heavy (non-hydrogen) atoms. The van der Waals surface area contributed by atoms with Crippen LogP contribution in [0.15, 0.2) is 225 Å². The highest BCUT2D eigenvalue weighted by molar-refractivity contribution is 6.09. The average molecular weight is 844 g/mol. The predicted molar refractivity (Wildman–Crippen MR) is 274 cm³/mol. The fourth-order valence-corrected chi connectivity index (χ4v) is 11.4. The first-order valence-electron chi connectivity index (χ1n) is 23.2. The summed E-state index contributed by atoms with van der Waals surface area (Å²) >= 11 is 0. The molecule has 0 atom stereocenters. The van der Waals surface area contributed by atoms with Crippen LogP contribution < -0.4 is 0 Å². The summed E-state index contributed by atoms with van der Waals surface area (Å²) in [4.78, 5) is 9.23. The van der Waals surface area contributed by atoms with E-state index in [1.54, 1.807) is 0 Å². The molecule has 8 aromatic carbocycles. The van der Waals surface area contributed by atoms with Gasteiger partial charge in [-0.3, -0.25) is 9.97 Å². The first-order chi connectivity index (χ1) is 32.7. The predicted octanol–water partition coefficient (Wildman–Crippen LogP) is 16.4. The van der Waals surface area contributed by atoms with Crippen molar-refractivity contribution in [2.75, 3.05) is 0 Å². The first kappa shape index (κ1) is 38.3. The Kier molecular flexibility index (Phi) is 9.02. The molecule has 13 rings (SSSR count). The van der Waals surface area contributed by atoms with Gasteiger partial charge in [0.2, 0.25) is 0 Å². The summed E-state index contributed by atoms with van der Waals surface area (Å²) in [7, 11) is 0. The molecule has 2 aliphatic rings. The van der Waals surface area contributed by atoms with Gasteiger partial charge in [0.25, 0.3) is 0 Å². The normalized spacial score (nSPS) is 13.6. The van der Waals surface area contributed by atoms with Crippen LogP contribution in [0.5, 0.6) is 0 Å². The molecule has 0 N–H and O–H groups in total. The molecule has 1 saturated carbocycles. The molecular formula is C63H45N3. The van der Waals surface area contributed by atoms with Gasteiger partial charge in [-0.05, 0) is 151 Å². The second kappa shape index (κ2) is 15.5. The lowest BCUT2D eigenvalue weighted by molar-refractivity contribution is 0.550. The Labute approximate surface area is 385 Å². The van der Waals surface area contributed by atoms with Crippen LogP contribution in [0.2, 0.25) is 0 Å². The third-order valence-corrected chi connectivity index (χ3v) is 14.5. The molecule has 3 nitrogen and oxygen atoms in total. The van der Waals surface area contributed by atoms with Gasteiger partial charge in [-0.2, -0.15) is 0 Å². The summed E-state index contributed by atoms with van der Waals surface area (Å²) in [5.74, 6) is 0. The van der Waals surface area contributed by atoms with Gasteiger partial charge in [-0.15, -0.1) is 0 Å². The van der Waals surface area contributed by atoms with Gasteiger partial charge in [0.15, 0.2) is 0 Å². The highest BCUT2D eigenvalue weighted by Crippen LogP contribution is 2.58. The maximum absolute atomic E-state index is 4.66. The summed E-state index contributed by atoms with van der Waals surface area (Å²) < 4.78 is 2.37. The minimum absolute atomic E-state index is 0.0406. The fraction of sp³-hybridized carbons (Fsp3) is 0.0794. The van der Waals surface area contributed by atoms with Crippen molar-refractivity contribution in [1.29, 1.82) is 0 Å². The third kappa shape index (κ3) is 6.19. The molecule has 11 aromatic rings. The Balaban J connectivity index is 0.940. The quantitative estimate of drug-likeness (QED) is 0.160. The van der Waals surface area contributed by atoms with Crippen LogP contribution in [0, 0.1) is 0 Å². The van der Waals surface area contributed by atoms with Crippen LogP contribution in [0.25, 0.3) is 106 Å². The van der Waals surface area contributed by atoms with Gasteiger partial charge in [0.05, 0.1) is 22.9 Å². The van der Waals surface area contributed by atoms with Gasteiger partial charge in [0, 0.05) is 39.8 Å². The minimum Gasteiger partial charge on any atom is -0.308 e. The number of para-hydroxylation sites is 1. The van der Waals surface area contributed by atoms with Crippen molar-refractivity contribution in [2.24, 2.45) is 0 Å². The molecule has 2 aliphatic carbocycles. The number of nitrogens with zero attached hydrogens (tertiary/aromatic N) is 3. The van der Waals surface area contributed by atoms with E-state index in [1.165, 1.54) is 107 Å². The van der Waals surface area contributed by atoms with E-state index in [-0.39, 0.29) is 5.41 Å². The van der Waals surface area contributed by atoms with E-state index in [0.717, 1.165) is 35.3 Å². The number of pyridine rings is 2. The first-order valence-corrected chi connectivity index (χ1v) is 23.2. The van der Waals surface area contributed by atoms with Crippen molar-refractivity contribution in [1.82, 2.24) is 14.5 Å².